The third kappa shape index (κ3) is 5.82. The van der Waals surface area contributed by atoms with Crippen molar-refractivity contribution in [1.29, 1.82) is 0 Å². The molecule has 0 aliphatic heterocycles. The highest BCUT2D eigenvalue weighted by Gasteiger charge is 2.08. The number of carboxylic acids is 1. The van der Waals surface area contributed by atoms with Crippen molar-refractivity contribution in [3.05, 3.63) is 73.7 Å². The molecule has 0 amide bonds. The van der Waals surface area contributed by atoms with Crippen LogP contribution >= 0.6 is 0 Å². The molecule has 4 nitrogen and oxygen atoms in total. The van der Waals surface area contributed by atoms with E-state index in [-0.39, 0.29) is 5.71 Å². The van der Waals surface area contributed by atoms with Crippen LogP contribution < -0.4 is 0 Å². The number of aliphatic imine (C=N–C) groups is 2. The lowest BCUT2D eigenvalue weighted by atomic mass is 10.1. The maximum absolute atomic E-state index is 11.0. The van der Waals surface area contributed by atoms with Crippen LogP contribution in [0.3, 0.4) is 0 Å². The lowest BCUT2D eigenvalue weighted by molar-refractivity contribution is -0.129. The molecule has 0 aromatic heterocycles. The summed E-state index contributed by atoms with van der Waals surface area (Å²) in [6, 6.07) is 0. The van der Waals surface area contributed by atoms with Crippen LogP contribution in [0.2, 0.25) is 0 Å². The molecule has 0 aliphatic rings. The summed E-state index contributed by atoms with van der Waals surface area (Å²) in [5, 5.41) is 9.02. The minimum Gasteiger partial charge on any atom is -0.477 e. The smallest absolute Gasteiger partial charge is 0.354 e. The molecule has 0 aliphatic carbocycles. The Balaban J connectivity index is 6.00. The van der Waals surface area contributed by atoms with Crippen molar-refractivity contribution in [2.24, 2.45) is 9.98 Å². The summed E-state index contributed by atoms with van der Waals surface area (Å²) in [5.41, 5.74) is 2.23. The number of hydrogen-bond acceptors (Lipinski definition) is 3. The van der Waals surface area contributed by atoms with Crippen molar-refractivity contribution in [2.75, 3.05) is 0 Å². The van der Waals surface area contributed by atoms with Crippen LogP contribution in [0.1, 0.15) is 13.8 Å². The molecule has 4 heteroatoms. The predicted molar refractivity (Wildman–Crippen MR) is 89.8 cm³/mol. The molecule has 0 saturated heterocycles. The minimum absolute atomic E-state index is 0.169. The summed E-state index contributed by atoms with van der Waals surface area (Å²) in [4.78, 5) is 19.2. The standard InChI is InChI=1S/C17H20N2O2/c1-7-12(5)16(19-15(9-3)17(20)21)11-14(8-2)13(6)18-10-4/h7-11H,1,3-5H2,2,6H3,(H,20,21)/b14-8-,16-11+,18-13?,19-15?. The predicted octanol–water partition coefficient (Wildman–Crippen LogP) is 3.87. The molecule has 0 atom stereocenters. The second-order valence-electron chi connectivity index (χ2n) is 3.91. The maximum atomic E-state index is 11.0. The first-order valence-electron chi connectivity index (χ1n) is 6.21. The summed E-state index contributed by atoms with van der Waals surface area (Å²) in [6.45, 7) is 18.1. The summed E-state index contributed by atoms with van der Waals surface area (Å²) < 4.78 is 0. The van der Waals surface area contributed by atoms with Crippen LogP contribution in [-0.4, -0.2) is 22.5 Å². The molecule has 0 aromatic carbocycles. The summed E-state index contributed by atoms with van der Waals surface area (Å²) >= 11 is 0. The molecule has 0 rings (SSSR count). The van der Waals surface area contributed by atoms with Gasteiger partial charge in [-0.15, -0.1) is 0 Å². The van der Waals surface area contributed by atoms with E-state index in [0.29, 0.717) is 11.3 Å². The molecular formula is C17H20N2O2. The Labute approximate surface area is 125 Å². The average Bonchev–Trinajstić information content (AvgIpc) is 2.46. The van der Waals surface area contributed by atoms with Crippen molar-refractivity contribution < 1.29 is 9.90 Å². The lowest BCUT2D eigenvalue weighted by Crippen LogP contribution is -2.10. The van der Waals surface area contributed by atoms with Gasteiger partial charge in [-0.05, 0) is 37.1 Å². The minimum atomic E-state index is -1.16. The lowest BCUT2D eigenvalue weighted by Gasteiger charge is -2.06. The molecule has 0 radical (unpaired) electrons. The quantitative estimate of drug-likeness (QED) is 0.543. The van der Waals surface area contributed by atoms with E-state index in [0.717, 1.165) is 11.3 Å². The van der Waals surface area contributed by atoms with E-state index in [9.17, 15) is 4.79 Å². The van der Waals surface area contributed by atoms with Crippen LogP contribution in [0.4, 0.5) is 0 Å². The fraction of sp³-hybridized carbons (Fsp3) is 0.118. The van der Waals surface area contributed by atoms with Gasteiger partial charge in [-0.25, -0.2) is 9.79 Å². The number of hydrogen-bond donors (Lipinski definition) is 1. The van der Waals surface area contributed by atoms with E-state index in [1.165, 1.54) is 18.4 Å². The zero-order chi connectivity index (χ0) is 16.4. The Morgan fingerprint density at radius 2 is 1.81 bits per heavy atom. The highest BCUT2D eigenvalue weighted by atomic mass is 16.4. The fourth-order valence-corrected chi connectivity index (χ4v) is 1.37. The van der Waals surface area contributed by atoms with E-state index < -0.39 is 5.97 Å². The van der Waals surface area contributed by atoms with Crippen molar-refractivity contribution >= 4 is 17.4 Å². The number of allylic oxidation sites excluding steroid dienone is 4. The van der Waals surface area contributed by atoms with E-state index in [1.807, 2.05) is 19.9 Å². The molecule has 0 bridgehead atoms. The SMILES string of the molecule is C=CN=C(C)C(=C\C)/C=C(/N=C(C=C)C(=O)O)C(=C)C=C. The third-order valence-electron chi connectivity index (χ3n) is 2.53. The molecule has 0 saturated carbocycles. The van der Waals surface area contributed by atoms with Gasteiger partial charge in [0.2, 0.25) is 0 Å². The molecule has 0 heterocycles. The number of aliphatic carboxylic acids is 1. The zero-order valence-electron chi connectivity index (χ0n) is 12.5. The first-order valence-corrected chi connectivity index (χ1v) is 6.21. The Kier molecular flexibility index (Phi) is 8.00. The average molecular weight is 284 g/mol. The molecule has 0 spiro atoms. The topological polar surface area (TPSA) is 62.0 Å². The van der Waals surface area contributed by atoms with Crippen LogP contribution in [0.5, 0.6) is 0 Å². The van der Waals surface area contributed by atoms with E-state index >= 15 is 0 Å². The van der Waals surface area contributed by atoms with Crippen LogP contribution in [-0.2, 0) is 4.79 Å². The van der Waals surface area contributed by atoms with Crippen LogP contribution in [0.25, 0.3) is 0 Å². The van der Waals surface area contributed by atoms with Gasteiger partial charge < -0.3 is 5.11 Å². The van der Waals surface area contributed by atoms with Crippen molar-refractivity contribution in [1.82, 2.24) is 0 Å². The third-order valence-corrected chi connectivity index (χ3v) is 2.53. The molecule has 0 fully saturated rings. The van der Waals surface area contributed by atoms with E-state index in [4.69, 9.17) is 5.11 Å². The molecule has 0 unspecified atom stereocenters. The van der Waals surface area contributed by atoms with E-state index in [2.05, 4.69) is 36.3 Å². The molecule has 110 valence electrons. The molecule has 0 aromatic rings. The first-order chi connectivity index (χ1) is 9.90. The van der Waals surface area contributed by atoms with Gasteiger partial charge in [-0.3, -0.25) is 4.99 Å². The van der Waals surface area contributed by atoms with Gasteiger partial charge in [0.1, 0.15) is 5.71 Å². The van der Waals surface area contributed by atoms with Gasteiger partial charge in [0, 0.05) is 11.9 Å². The Morgan fingerprint density at radius 1 is 1.19 bits per heavy atom. The van der Waals surface area contributed by atoms with Gasteiger partial charge in [-0.1, -0.05) is 38.5 Å². The van der Waals surface area contributed by atoms with Crippen molar-refractivity contribution in [3.8, 4) is 0 Å². The molecule has 21 heavy (non-hydrogen) atoms. The summed E-state index contributed by atoms with van der Waals surface area (Å²) in [7, 11) is 0. The van der Waals surface area contributed by atoms with Crippen LogP contribution in [0.15, 0.2) is 83.6 Å². The second-order valence-corrected chi connectivity index (χ2v) is 3.91. The Bertz CT molecular complexity index is 588. The monoisotopic (exact) mass is 284 g/mol. The number of rotatable bonds is 8. The van der Waals surface area contributed by atoms with Gasteiger partial charge in [-0.2, -0.15) is 0 Å². The fourth-order valence-electron chi connectivity index (χ4n) is 1.37. The second kappa shape index (κ2) is 9.20. The number of carboxylic acid groups (broad SMARTS) is 1. The Morgan fingerprint density at radius 3 is 2.19 bits per heavy atom. The van der Waals surface area contributed by atoms with Crippen molar-refractivity contribution in [3.63, 3.8) is 0 Å². The Hall–Kier alpha value is -2.75. The molecular weight excluding hydrogens is 264 g/mol. The summed E-state index contributed by atoms with van der Waals surface area (Å²) in [6.07, 6.45) is 7.64. The normalized spacial score (nSPS) is 13.6. The largest absolute Gasteiger partial charge is 0.477 e. The first kappa shape index (κ1) is 18.2. The van der Waals surface area contributed by atoms with Crippen LogP contribution in [0, 0.1) is 0 Å². The maximum Gasteiger partial charge on any atom is 0.354 e. The van der Waals surface area contributed by atoms with E-state index in [1.54, 1.807) is 6.08 Å². The van der Waals surface area contributed by atoms with Gasteiger partial charge >= 0.3 is 5.97 Å². The highest BCUT2D eigenvalue weighted by Crippen LogP contribution is 2.16. The van der Waals surface area contributed by atoms with Gasteiger partial charge in [0.15, 0.2) is 0 Å². The van der Waals surface area contributed by atoms with Gasteiger partial charge in [0.25, 0.3) is 0 Å². The summed E-state index contributed by atoms with van der Waals surface area (Å²) in [5.74, 6) is -1.16. The van der Waals surface area contributed by atoms with Gasteiger partial charge in [0.05, 0.1) is 5.70 Å². The number of nitrogens with zero attached hydrogens (tertiary/aromatic N) is 2. The number of carbonyl (C=O) groups is 1. The molecule has 1 N–H and O–H groups in total. The zero-order valence-corrected chi connectivity index (χ0v) is 12.5. The van der Waals surface area contributed by atoms with Crippen molar-refractivity contribution in [2.45, 2.75) is 13.8 Å². The highest BCUT2D eigenvalue weighted by molar-refractivity contribution is 6.40.